The number of nitrogens with two attached hydrogens (primary N) is 1. The summed E-state index contributed by atoms with van der Waals surface area (Å²) in [7, 11) is 0. The van der Waals surface area contributed by atoms with Crippen molar-refractivity contribution in [2.75, 3.05) is 0 Å². The van der Waals surface area contributed by atoms with Crippen LogP contribution in [0.15, 0.2) is 78.9 Å². The van der Waals surface area contributed by atoms with Crippen molar-refractivity contribution < 1.29 is 0 Å². The maximum absolute atomic E-state index is 7.59. The van der Waals surface area contributed by atoms with Crippen molar-refractivity contribution >= 4 is 42.9 Å². The van der Waals surface area contributed by atoms with Gasteiger partial charge in [-0.1, -0.05) is 66.8 Å². The summed E-state index contributed by atoms with van der Waals surface area (Å²) in [6.07, 6.45) is 8.86. The molecule has 0 radical (unpaired) electrons. The lowest BCUT2D eigenvalue weighted by molar-refractivity contribution is 1.05. The van der Waals surface area contributed by atoms with Gasteiger partial charge in [0.25, 0.3) is 0 Å². The topological polar surface area (TPSA) is 49.9 Å². The van der Waals surface area contributed by atoms with Crippen LogP contribution in [0.1, 0.15) is 24.0 Å². The van der Waals surface area contributed by atoms with E-state index in [4.69, 9.17) is 11.1 Å². The molecular weight excluding hydrogens is 360 g/mol. The summed E-state index contributed by atoms with van der Waals surface area (Å²) in [6.45, 7) is 0. The fourth-order valence-electron chi connectivity index (χ4n) is 3.90. The Morgan fingerprint density at radius 2 is 1.75 bits per heavy atom. The van der Waals surface area contributed by atoms with Crippen LogP contribution in [0.25, 0.3) is 36.9 Å². The summed E-state index contributed by atoms with van der Waals surface area (Å²) < 4.78 is 2.63. The molecule has 0 spiro atoms. The molecule has 0 fully saturated rings. The summed E-state index contributed by atoms with van der Waals surface area (Å²) in [5.74, 6) is 0.103. The maximum Gasteiger partial charge on any atom is 0.122 e. The zero-order valence-corrected chi connectivity index (χ0v) is 16.2. The van der Waals surface area contributed by atoms with Crippen LogP contribution in [0.5, 0.6) is 0 Å². The van der Waals surface area contributed by atoms with Gasteiger partial charge in [0.15, 0.2) is 0 Å². The van der Waals surface area contributed by atoms with Crippen molar-refractivity contribution in [3.8, 4) is 11.1 Å². The quantitative estimate of drug-likeness (QED) is 0.300. The molecular formula is C25H20N2S. The number of benzene rings is 3. The van der Waals surface area contributed by atoms with Crippen LogP contribution >= 0.6 is 11.3 Å². The van der Waals surface area contributed by atoms with Gasteiger partial charge in [0.05, 0.1) is 0 Å². The molecule has 2 nitrogen and oxygen atoms in total. The third kappa shape index (κ3) is 2.85. The lowest BCUT2D eigenvalue weighted by atomic mass is 9.95. The predicted octanol–water partition coefficient (Wildman–Crippen LogP) is 6.74. The van der Waals surface area contributed by atoms with E-state index in [2.05, 4.69) is 66.8 Å². The van der Waals surface area contributed by atoms with Crippen LogP contribution in [0, 0.1) is 5.41 Å². The summed E-state index contributed by atoms with van der Waals surface area (Å²) in [5, 5.41) is 10.2. The maximum atomic E-state index is 7.59. The minimum Gasteiger partial charge on any atom is -0.384 e. The van der Waals surface area contributed by atoms with Gasteiger partial charge in [-0.2, -0.15) is 0 Å². The lowest BCUT2D eigenvalue weighted by Crippen LogP contribution is -2.10. The summed E-state index contributed by atoms with van der Waals surface area (Å²) in [5.41, 5.74) is 11.5. The Morgan fingerprint density at radius 1 is 0.929 bits per heavy atom. The molecule has 136 valence electrons. The highest BCUT2D eigenvalue weighted by molar-refractivity contribution is 7.26. The number of amidine groups is 1. The fourth-order valence-corrected chi connectivity index (χ4v) is 5.12. The summed E-state index contributed by atoms with van der Waals surface area (Å²) >= 11 is 1.85. The average molecular weight is 381 g/mol. The first kappa shape index (κ1) is 17.0. The molecule has 3 aromatic carbocycles. The molecule has 5 rings (SSSR count). The van der Waals surface area contributed by atoms with Crippen LogP contribution in [0.4, 0.5) is 0 Å². The second-order valence-corrected chi connectivity index (χ2v) is 8.20. The highest BCUT2D eigenvalue weighted by atomic mass is 32.1. The molecule has 0 atom stereocenters. The van der Waals surface area contributed by atoms with E-state index in [9.17, 15) is 0 Å². The van der Waals surface area contributed by atoms with Gasteiger partial charge in [-0.05, 0) is 47.2 Å². The van der Waals surface area contributed by atoms with Crippen molar-refractivity contribution in [2.45, 2.75) is 12.8 Å². The Bertz CT molecular complexity index is 1270. The van der Waals surface area contributed by atoms with Crippen LogP contribution in [-0.2, 0) is 0 Å². The van der Waals surface area contributed by atoms with E-state index in [-0.39, 0.29) is 5.84 Å². The smallest absolute Gasteiger partial charge is 0.122 e. The lowest BCUT2D eigenvalue weighted by Gasteiger charge is -2.09. The number of nitrogens with one attached hydrogen (secondary N) is 1. The number of fused-ring (bicyclic) bond motifs is 3. The Labute approximate surface area is 168 Å². The van der Waals surface area contributed by atoms with E-state index in [0.717, 1.165) is 24.0 Å². The van der Waals surface area contributed by atoms with Crippen molar-refractivity contribution in [1.29, 1.82) is 5.41 Å². The molecule has 1 aromatic heterocycles. The van der Waals surface area contributed by atoms with E-state index in [1.54, 1.807) is 0 Å². The molecule has 3 heteroatoms. The second-order valence-electron chi connectivity index (χ2n) is 7.15. The monoisotopic (exact) mass is 380 g/mol. The zero-order chi connectivity index (χ0) is 19.1. The Hall–Kier alpha value is -3.17. The minimum atomic E-state index is 0.103. The molecule has 1 aliphatic carbocycles. The van der Waals surface area contributed by atoms with Gasteiger partial charge in [0.2, 0.25) is 0 Å². The standard InChI is InChI=1S/C25H20N2S/c26-25(27)18-11-9-17(10-12-18)20-7-4-8-21-22-15-19(16-5-2-1-3-6-16)13-14-23(22)28-24(20)21/h1-2,4-5,7-15H,3,6H2,(H3,26,27). The average Bonchev–Trinajstić information content (AvgIpc) is 3.12. The molecule has 1 aliphatic rings. The van der Waals surface area contributed by atoms with E-state index in [0.29, 0.717) is 0 Å². The van der Waals surface area contributed by atoms with E-state index < -0.39 is 0 Å². The summed E-state index contributed by atoms with van der Waals surface area (Å²) in [6, 6.07) is 21.4. The molecule has 4 aromatic rings. The number of rotatable bonds is 3. The number of nitrogen functional groups attached to an aromatic ring is 1. The predicted molar refractivity (Wildman–Crippen MR) is 122 cm³/mol. The molecule has 0 aliphatic heterocycles. The Kier molecular flexibility index (Phi) is 4.10. The Morgan fingerprint density at radius 3 is 2.50 bits per heavy atom. The molecule has 0 saturated heterocycles. The zero-order valence-electron chi connectivity index (χ0n) is 15.4. The third-order valence-electron chi connectivity index (χ3n) is 5.39. The van der Waals surface area contributed by atoms with Gasteiger partial charge >= 0.3 is 0 Å². The van der Waals surface area contributed by atoms with Gasteiger partial charge in [0.1, 0.15) is 5.84 Å². The second kappa shape index (κ2) is 6.77. The number of hydrogen-bond donors (Lipinski definition) is 2. The summed E-state index contributed by atoms with van der Waals surface area (Å²) in [4.78, 5) is 0. The first-order valence-electron chi connectivity index (χ1n) is 9.47. The molecule has 0 unspecified atom stereocenters. The van der Waals surface area contributed by atoms with Crippen LogP contribution in [-0.4, -0.2) is 5.84 Å². The van der Waals surface area contributed by atoms with E-state index in [1.165, 1.54) is 36.9 Å². The van der Waals surface area contributed by atoms with Crippen LogP contribution < -0.4 is 5.73 Å². The van der Waals surface area contributed by atoms with Crippen LogP contribution in [0.3, 0.4) is 0 Å². The molecule has 0 saturated carbocycles. The van der Waals surface area contributed by atoms with Gasteiger partial charge in [-0.15, -0.1) is 11.3 Å². The SMILES string of the molecule is N=C(N)c1ccc(-c2cccc3c2sc2ccc(C4=CC=CCC4)cc23)cc1. The largest absolute Gasteiger partial charge is 0.384 e. The van der Waals surface area contributed by atoms with Gasteiger partial charge < -0.3 is 5.73 Å². The van der Waals surface area contributed by atoms with Crippen molar-refractivity contribution in [1.82, 2.24) is 0 Å². The number of allylic oxidation sites excluding steroid dienone is 4. The van der Waals surface area contributed by atoms with Gasteiger partial charge in [0, 0.05) is 25.7 Å². The molecule has 0 bridgehead atoms. The number of thiophene rings is 1. The fraction of sp³-hybridized carbons (Fsp3) is 0.0800. The Balaban J connectivity index is 1.67. The molecule has 0 amide bonds. The molecule has 3 N–H and O–H groups in total. The minimum absolute atomic E-state index is 0.103. The van der Waals surface area contributed by atoms with E-state index in [1.807, 2.05) is 23.5 Å². The highest BCUT2D eigenvalue weighted by Crippen LogP contribution is 2.41. The first-order valence-corrected chi connectivity index (χ1v) is 10.3. The highest BCUT2D eigenvalue weighted by Gasteiger charge is 2.12. The normalized spacial score (nSPS) is 13.8. The third-order valence-corrected chi connectivity index (χ3v) is 6.61. The van der Waals surface area contributed by atoms with Crippen LogP contribution in [0.2, 0.25) is 0 Å². The molecule has 28 heavy (non-hydrogen) atoms. The van der Waals surface area contributed by atoms with Crippen molar-refractivity contribution in [3.63, 3.8) is 0 Å². The van der Waals surface area contributed by atoms with Gasteiger partial charge in [-0.3, -0.25) is 5.41 Å². The van der Waals surface area contributed by atoms with Crippen molar-refractivity contribution in [2.24, 2.45) is 5.73 Å². The molecule has 1 heterocycles. The van der Waals surface area contributed by atoms with Crippen molar-refractivity contribution in [3.05, 3.63) is 90.0 Å². The van der Waals surface area contributed by atoms with E-state index >= 15 is 0 Å². The first-order chi connectivity index (χ1) is 13.7. The number of hydrogen-bond acceptors (Lipinski definition) is 2. The van der Waals surface area contributed by atoms with Gasteiger partial charge in [-0.25, -0.2) is 0 Å².